The topological polar surface area (TPSA) is 42.0 Å². The second-order valence-corrected chi connectivity index (χ2v) is 8.60. The Hall–Kier alpha value is -3.71. The number of fused-ring (bicyclic) bond motifs is 1. The number of nitrogens with zero attached hydrogens (tertiary/aromatic N) is 1. The Balaban J connectivity index is 1.59. The van der Waals surface area contributed by atoms with Crippen molar-refractivity contribution in [1.82, 2.24) is 4.98 Å². The zero-order valence-electron chi connectivity index (χ0n) is 17.6. The number of carbonyl (C=O) groups is 1. The molecule has 2 aromatic carbocycles. The number of alkyl halides is 3. The Labute approximate surface area is 192 Å². The summed E-state index contributed by atoms with van der Waals surface area (Å²) >= 11 is 1.53. The first kappa shape index (κ1) is 22.5. The van der Waals surface area contributed by atoms with Crippen molar-refractivity contribution in [2.24, 2.45) is 0 Å². The van der Waals surface area contributed by atoms with Crippen LogP contribution in [-0.4, -0.2) is 10.9 Å². The van der Waals surface area contributed by atoms with Crippen molar-refractivity contribution < 1.29 is 18.0 Å². The Morgan fingerprint density at radius 2 is 1.82 bits per heavy atom. The molecule has 1 N–H and O–H groups in total. The van der Waals surface area contributed by atoms with Gasteiger partial charge in [0.1, 0.15) is 0 Å². The average Bonchev–Trinajstić information content (AvgIpc) is 3.22. The van der Waals surface area contributed by atoms with Crippen molar-refractivity contribution in [3.05, 3.63) is 112 Å². The number of carbonyl (C=O) groups excluding carboxylic acids is 1. The van der Waals surface area contributed by atoms with Gasteiger partial charge in [-0.15, -0.1) is 11.3 Å². The number of allylic oxidation sites excluding steroid dienone is 2. The summed E-state index contributed by atoms with van der Waals surface area (Å²) in [6.07, 6.45) is 3.73. The number of aromatic nitrogens is 1. The molecule has 3 nitrogen and oxygen atoms in total. The lowest BCUT2D eigenvalue weighted by Crippen LogP contribution is -2.08. The quantitative estimate of drug-likeness (QED) is 0.250. The van der Waals surface area contributed by atoms with E-state index in [1.807, 2.05) is 43.3 Å². The summed E-state index contributed by atoms with van der Waals surface area (Å²) in [6, 6.07) is 16.3. The standard InChI is InChI=1S/C26H19F3N2OS/c1-17-8-13-24(33-17)22(18-9-11-20(12-10-18)26(27,28)29)5-3-7-25(32)31-23-6-2-4-19-16-30-15-14-21(19)23/h2-16H,1H3,(H,31,32). The molecule has 0 bridgehead atoms. The van der Waals surface area contributed by atoms with E-state index in [2.05, 4.69) is 10.3 Å². The van der Waals surface area contributed by atoms with Gasteiger partial charge in [-0.3, -0.25) is 9.78 Å². The van der Waals surface area contributed by atoms with Crippen molar-refractivity contribution >= 4 is 39.3 Å². The first-order valence-electron chi connectivity index (χ1n) is 10.1. The van der Waals surface area contributed by atoms with Crippen LogP contribution in [0.25, 0.3) is 16.3 Å². The van der Waals surface area contributed by atoms with E-state index in [-0.39, 0.29) is 5.91 Å². The number of benzene rings is 2. The number of hydrogen-bond donors (Lipinski definition) is 1. The third kappa shape index (κ3) is 5.38. The monoisotopic (exact) mass is 464 g/mol. The van der Waals surface area contributed by atoms with E-state index in [0.29, 0.717) is 11.3 Å². The van der Waals surface area contributed by atoms with E-state index in [1.54, 1.807) is 24.5 Å². The van der Waals surface area contributed by atoms with Crippen LogP contribution in [0.15, 0.2) is 91.3 Å². The van der Waals surface area contributed by atoms with Crippen LogP contribution in [0, 0.1) is 6.92 Å². The minimum atomic E-state index is -4.39. The van der Waals surface area contributed by atoms with Gasteiger partial charge in [0, 0.05) is 44.7 Å². The van der Waals surface area contributed by atoms with Crippen molar-refractivity contribution in [2.75, 3.05) is 5.32 Å². The summed E-state index contributed by atoms with van der Waals surface area (Å²) in [5.41, 5.74) is 1.34. The molecule has 1 amide bonds. The molecule has 166 valence electrons. The molecule has 0 fully saturated rings. The van der Waals surface area contributed by atoms with Crippen molar-refractivity contribution in [3.63, 3.8) is 0 Å². The molecule has 0 aliphatic rings. The number of nitrogens with one attached hydrogen (secondary N) is 1. The van der Waals surface area contributed by atoms with E-state index < -0.39 is 11.7 Å². The van der Waals surface area contributed by atoms with Crippen LogP contribution >= 0.6 is 11.3 Å². The minimum Gasteiger partial charge on any atom is -0.322 e. The van der Waals surface area contributed by atoms with Gasteiger partial charge in [0.25, 0.3) is 0 Å². The summed E-state index contributed by atoms with van der Waals surface area (Å²) in [4.78, 5) is 18.6. The largest absolute Gasteiger partial charge is 0.416 e. The highest BCUT2D eigenvalue weighted by Crippen LogP contribution is 2.33. The molecule has 4 rings (SSSR count). The molecule has 0 atom stereocenters. The molecule has 2 aromatic heterocycles. The summed E-state index contributed by atoms with van der Waals surface area (Å²) in [5, 5.41) is 4.65. The van der Waals surface area contributed by atoms with Crippen LogP contribution in [0.1, 0.15) is 20.9 Å². The summed E-state index contributed by atoms with van der Waals surface area (Å²) in [7, 11) is 0. The van der Waals surface area contributed by atoms with E-state index in [4.69, 9.17) is 0 Å². The number of pyridine rings is 1. The number of aryl methyl sites for hydroxylation is 1. The van der Waals surface area contributed by atoms with Gasteiger partial charge in [0.05, 0.1) is 5.56 Å². The second kappa shape index (κ2) is 9.42. The maximum Gasteiger partial charge on any atom is 0.416 e. The highest BCUT2D eigenvalue weighted by atomic mass is 32.1. The number of halogens is 3. The summed E-state index contributed by atoms with van der Waals surface area (Å²) in [6.45, 7) is 1.96. The highest BCUT2D eigenvalue weighted by Gasteiger charge is 2.30. The van der Waals surface area contributed by atoms with Crippen molar-refractivity contribution in [2.45, 2.75) is 13.1 Å². The van der Waals surface area contributed by atoms with Crippen molar-refractivity contribution in [1.29, 1.82) is 0 Å². The van der Waals surface area contributed by atoms with Crippen LogP contribution in [0.5, 0.6) is 0 Å². The van der Waals surface area contributed by atoms with Crippen LogP contribution < -0.4 is 5.32 Å². The fourth-order valence-electron chi connectivity index (χ4n) is 3.38. The molecule has 0 spiro atoms. The third-order valence-corrected chi connectivity index (χ3v) is 6.01. The summed E-state index contributed by atoms with van der Waals surface area (Å²) < 4.78 is 38.8. The van der Waals surface area contributed by atoms with E-state index in [0.717, 1.165) is 38.2 Å². The van der Waals surface area contributed by atoms with Crippen LogP contribution in [-0.2, 0) is 11.0 Å². The van der Waals surface area contributed by atoms with Gasteiger partial charge in [0.2, 0.25) is 5.91 Å². The fraction of sp³-hybridized carbons (Fsp3) is 0.0769. The molecular weight excluding hydrogens is 445 g/mol. The average molecular weight is 465 g/mol. The Kier molecular flexibility index (Phi) is 6.42. The first-order chi connectivity index (χ1) is 15.8. The highest BCUT2D eigenvalue weighted by molar-refractivity contribution is 7.13. The normalized spacial score (nSPS) is 12.4. The number of amides is 1. The molecule has 0 aliphatic heterocycles. The Bertz CT molecular complexity index is 1350. The van der Waals surface area contributed by atoms with E-state index >= 15 is 0 Å². The predicted octanol–water partition coefficient (Wildman–Crippen LogP) is 7.25. The number of hydrogen-bond acceptors (Lipinski definition) is 3. The first-order valence-corrected chi connectivity index (χ1v) is 10.9. The Morgan fingerprint density at radius 1 is 1.03 bits per heavy atom. The van der Waals surface area contributed by atoms with Crippen molar-refractivity contribution in [3.8, 4) is 0 Å². The maximum absolute atomic E-state index is 12.9. The molecule has 0 saturated carbocycles. The van der Waals surface area contributed by atoms with Crippen LogP contribution in [0.4, 0.5) is 18.9 Å². The lowest BCUT2D eigenvalue weighted by molar-refractivity contribution is -0.137. The van der Waals surface area contributed by atoms with Gasteiger partial charge >= 0.3 is 6.18 Å². The molecule has 0 unspecified atom stereocenters. The predicted molar refractivity (Wildman–Crippen MR) is 127 cm³/mol. The molecule has 7 heteroatoms. The smallest absolute Gasteiger partial charge is 0.322 e. The van der Waals surface area contributed by atoms with Gasteiger partial charge in [0.15, 0.2) is 0 Å². The molecule has 4 aromatic rings. The maximum atomic E-state index is 12.9. The Morgan fingerprint density at radius 3 is 2.52 bits per heavy atom. The van der Waals surface area contributed by atoms with E-state index in [9.17, 15) is 18.0 Å². The number of rotatable bonds is 5. The molecule has 0 radical (unpaired) electrons. The number of thiophene rings is 1. The fourth-order valence-corrected chi connectivity index (χ4v) is 4.29. The molecule has 0 aliphatic carbocycles. The lowest BCUT2D eigenvalue weighted by Gasteiger charge is -2.09. The van der Waals surface area contributed by atoms with Gasteiger partial charge in [-0.1, -0.05) is 36.4 Å². The lowest BCUT2D eigenvalue weighted by atomic mass is 10.0. The molecule has 0 saturated heterocycles. The molecular formula is C26H19F3N2OS. The van der Waals surface area contributed by atoms with Crippen LogP contribution in [0.2, 0.25) is 0 Å². The second-order valence-electron chi connectivity index (χ2n) is 7.32. The zero-order chi connectivity index (χ0) is 23.4. The number of anilines is 1. The molecule has 33 heavy (non-hydrogen) atoms. The minimum absolute atomic E-state index is 0.315. The van der Waals surface area contributed by atoms with Gasteiger partial charge in [-0.25, -0.2) is 0 Å². The van der Waals surface area contributed by atoms with Crippen LogP contribution in [0.3, 0.4) is 0 Å². The summed E-state index contributed by atoms with van der Waals surface area (Å²) in [5.74, 6) is -0.315. The van der Waals surface area contributed by atoms with Gasteiger partial charge in [-0.2, -0.15) is 13.2 Å². The third-order valence-electron chi connectivity index (χ3n) is 4.98. The van der Waals surface area contributed by atoms with Gasteiger partial charge < -0.3 is 5.32 Å². The SMILES string of the molecule is Cc1ccc(C(=CC=CC(=O)Nc2cccc3cnccc23)c2ccc(C(F)(F)F)cc2)s1. The molecule has 2 heterocycles. The zero-order valence-corrected chi connectivity index (χ0v) is 18.4. The van der Waals surface area contributed by atoms with Gasteiger partial charge in [-0.05, 0) is 54.5 Å². The van der Waals surface area contributed by atoms with E-state index in [1.165, 1.54) is 29.5 Å².